The second kappa shape index (κ2) is 7.89. The van der Waals surface area contributed by atoms with Gasteiger partial charge in [-0.2, -0.15) is 0 Å². The summed E-state index contributed by atoms with van der Waals surface area (Å²) in [6, 6.07) is 7.17. The van der Waals surface area contributed by atoms with E-state index in [1.54, 1.807) is 52.8 Å². The molecule has 1 saturated heterocycles. The Balaban J connectivity index is 2.15. The second-order valence-electron chi connectivity index (χ2n) is 7.50. The van der Waals surface area contributed by atoms with Crippen LogP contribution in [0.25, 0.3) is 0 Å². The highest BCUT2D eigenvalue weighted by Gasteiger charge is 2.39. The molecule has 1 fully saturated rings. The van der Waals surface area contributed by atoms with Gasteiger partial charge in [-0.15, -0.1) is 0 Å². The van der Waals surface area contributed by atoms with Crippen molar-refractivity contribution in [3.63, 3.8) is 0 Å². The average molecular weight is 361 g/mol. The largest absolute Gasteiger partial charge is 0.462 e. The van der Waals surface area contributed by atoms with Crippen LogP contribution in [0.3, 0.4) is 0 Å². The number of carbonyl (C=O) groups is 3. The van der Waals surface area contributed by atoms with Crippen LogP contribution in [0.15, 0.2) is 24.3 Å². The quantitative estimate of drug-likeness (QED) is 0.767. The lowest BCUT2D eigenvalue weighted by molar-refractivity contribution is -0.137. The summed E-state index contributed by atoms with van der Waals surface area (Å²) in [5.74, 6) is -1.07. The summed E-state index contributed by atoms with van der Waals surface area (Å²) in [4.78, 5) is 38.1. The van der Waals surface area contributed by atoms with Gasteiger partial charge in [-0.05, 0) is 57.7 Å². The van der Waals surface area contributed by atoms with Crippen LogP contribution in [-0.2, 0) is 14.3 Å². The highest BCUT2D eigenvalue weighted by Crippen LogP contribution is 2.34. The number of carbonyl (C=O) groups excluding carboxylic acids is 3. The van der Waals surface area contributed by atoms with E-state index in [1.807, 2.05) is 6.07 Å². The van der Waals surface area contributed by atoms with Gasteiger partial charge in [0, 0.05) is 12.5 Å². The van der Waals surface area contributed by atoms with Crippen LogP contribution >= 0.6 is 0 Å². The molecule has 0 spiro atoms. The lowest BCUT2D eigenvalue weighted by Gasteiger charge is -2.36. The molecule has 1 aromatic rings. The zero-order chi connectivity index (χ0) is 19.5. The maximum atomic E-state index is 12.7. The lowest BCUT2D eigenvalue weighted by Crippen LogP contribution is -2.48. The molecule has 0 unspecified atom stereocenters. The first kappa shape index (κ1) is 19.9. The number of likely N-dealkylation sites (tertiary alicyclic amines) is 1. The van der Waals surface area contributed by atoms with Gasteiger partial charge in [-0.1, -0.05) is 19.1 Å². The van der Waals surface area contributed by atoms with Crippen molar-refractivity contribution < 1.29 is 23.9 Å². The Morgan fingerprint density at radius 1 is 1.27 bits per heavy atom. The molecule has 1 aromatic carbocycles. The van der Waals surface area contributed by atoms with Crippen molar-refractivity contribution in [3.05, 3.63) is 35.4 Å². The maximum Gasteiger partial charge on any atom is 0.417 e. The van der Waals surface area contributed by atoms with Crippen molar-refractivity contribution in [2.75, 3.05) is 13.2 Å². The fourth-order valence-electron chi connectivity index (χ4n) is 3.11. The van der Waals surface area contributed by atoms with Crippen molar-refractivity contribution in [3.8, 4) is 0 Å². The van der Waals surface area contributed by atoms with Crippen LogP contribution in [0, 0.1) is 5.92 Å². The molecule has 1 heterocycles. The molecule has 2 atom stereocenters. The third-order valence-electron chi connectivity index (χ3n) is 4.36. The molecule has 1 aliphatic rings. The SMILES string of the molecule is CCOC(=O)c1cccc([C@H]2CCN(C(=O)OC(C)(C)C)C(=O)[C@@H]2C)c1. The molecule has 2 rings (SSSR count). The summed E-state index contributed by atoms with van der Waals surface area (Å²) in [6.45, 7) is 9.49. The number of ether oxygens (including phenoxy) is 2. The Morgan fingerprint density at radius 2 is 1.96 bits per heavy atom. The normalized spacial score (nSPS) is 20.7. The van der Waals surface area contributed by atoms with E-state index in [9.17, 15) is 14.4 Å². The molecule has 0 bridgehead atoms. The molecule has 6 heteroatoms. The van der Waals surface area contributed by atoms with Crippen LogP contribution in [0.5, 0.6) is 0 Å². The van der Waals surface area contributed by atoms with E-state index in [4.69, 9.17) is 9.47 Å². The fourth-order valence-corrected chi connectivity index (χ4v) is 3.11. The van der Waals surface area contributed by atoms with Crippen molar-refractivity contribution in [2.24, 2.45) is 5.92 Å². The minimum atomic E-state index is -0.647. The van der Waals surface area contributed by atoms with Crippen LogP contribution in [0.2, 0.25) is 0 Å². The fraction of sp³-hybridized carbons (Fsp3) is 0.550. The summed E-state index contributed by atoms with van der Waals surface area (Å²) >= 11 is 0. The summed E-state index contributed by atoms with van der Waals surface area (Å²) < 4.78 is 10.4. The molecule has 6 nitrogen and oxygen atoms in total. The third-order valence-corrected chi connectivity index (χ3v) is 4.36. The van der Waals surface area contributed by atoms with Gasteiger partial charge in [0.15, 0.2) is 0 Å². The highest BCUT2D eigenvalue weighted by molar-refractivity contribution is 5.94. The molecule has 0 aliphatic carbocycles. The van der Waals surface area contributed by atoms with Crippen molar-refractivity contribution in [1.82, 2.24) is 4.90 Å². The zero-order valence-electron chi connectivity index (χ0n) is 16.1. The molecule has 0 saturated carbocycles. The Hall–Kier alpha value is -2.37. The number of hydrogen-bond acceptors (Lipinski definition) is 5. The van der Waals surface area contributed by atoms with Gasteiger partial charge >= 0.3 is 12.1 Å². The lowest BCUT2D eigenvalue weighted by atomic mass is 9.80. The second-order valence-corrected chi connectivity index (χ2v) is 7.50. The van der Waals surface area contributed by atoms with Gasteiger partial charge in [-0.3, -0.25) is 4.79 Å². The third kappa shape index (κ3) is 4.62. The average Bonchev–Trinajstić information content (AvgIpc) is 2.56. The van der Waals surface area contributed by atoms with E-state index < -0.39 is 11.7 Å². The van der Waals surface area contributed by atoms with Crippen LogP contribution < -0.4 is 0 Å². The smallest absolute Gasteiger partial charge is 0.417 e. The molecule has 2 amide bonds. The van der Waals surface area contributed by atoms with Crippen LogP contribution in [0.4, 0.5) is 4.79 Å². The van der Waals surface area contributed by atoms with E-state index in [-0.39, 0.29) is 23.7 Å². The topological polar surface area (TPSA) is 72.9 Å². The molecule has 26 heavy (non-hydrogen) atoms. The Morgan fingerprint density at radius 3 is 2.58 bits per heavy atom. The predicted octanol–water partition coefficient (Wildman–Crippen LogP) is 3.75. The van der Waals surface area contributed by atoms with E-state index in [1.165, 1.54) is 4.90 Å². The van der Waals surface area contributed by atoms with E-state index in [0.717, 1.165) is 5.56 Å². The number of rotatable bonds is 3. The van der Waals surface area contributed by atoms with Gasteiger partial charge in [0.1, 0.15) is 5.60 Å². The van der Waals surface area contributed by atoms with Crippen molar-refractivity contribution >= 4 is 18.0 Å². The summed E-state index contributed by atoms with van der Waals surface area (Å²) in [5.41, 5.74) is 0.727. The van der Waals surface area contributed by atoms with E-state index in [0.29, 0.717) is 25.1 Å². The number of imide groups is 1. The van der Waals surface area contributed by atoms with Gasteiger partial charge in [0.05, 0.1) is 12.2 Å². The summed E-state index contributed by atoms with van der Waals surface area (Å²) in [5, 5.41) is 0. The highest BCUT2D eigenvalue weighted by atomic mass is 16.6. The Kier molecular flexibility index (Phi) is 6.05. The minimum absolute atomic E-state index is 0.0597. The molecule has 1 aliphatic heterocycles. The minimum Gasteiger partial charge on any atom is -0.462 e. The van der Waals surface area contributed by atoms with Gasteiger partial charge in [0.25, 0.3) is 0 Å². The molecule has 0 aromatic heterocycles. The first-order valence-corrected chi connectivity index (χ1v) is 8.95. The van der Waals surface area contributed by atoms with Gasteiger partial charge < -0.3 is 9.47 Å². The first-order chi connectivity index (χ1) is 12.1. The summed E-state index contributed by atoms with van der Waals surface area (Å²) in [6.07, 6.45) is 0.0198. The molecular formula is C20H27NO5. The number of amides is 2. The molecule has 0 N–H and O–H groups in total. The molecular weight excluding hydrogens is 334 g/mol. The Bertz CT molecular complexity index is 692. The number of esters is 1. The van der Waals surface area contributed by atoms with Crippen molar-refractivity contribution in [1.29, 1.82) is 0 Å². The van der Waals surface area contributed by atoms with Crippen LogP contribution in [0.1, 0.15) is 62.9 Å². The molecule has 142 valence electrons. The van der Waals surface area contributed by atoms with Gasteiger partial charge in [0.2, 0.25) is 5.91 Å². The zero-order valence-corrected chi connectivity index (χ0v) is 16.1. The monoisotopic (exact) mass is 361 g/mol. The number of benzene rings is 1. The first-order valence-electron chi connectivity index (χ1n) is 8.95. The number of hydrogen-bond donors (Lipinski definition) is 0. The maximum absolute atomic E-state index is 12.7. The van der Waals surface area contributed by atoms with E-state index in [2.05, 4.69) is 0 Å². The number of nitrogens with zero attached hydrogens (tertiary/aromatic N) is 1. The summed E-state index contributed by atoms with van der Waals surface area (Å²) in [7, 11) is 0. The predicted molar refractivity (Wildman–Crippen MR) is 96.9 cm³/mol. The Labute approximate surface area is 154 Å². The standard InChI is InChI=1S/C20H27NO5/c1-6-25-18(23)15-9-7-8-14(12-15)16-10-11-21(17(22)13(16)2)19(24)26-20(3,4)5/h7-9,12-13,16H,6,10-11H2,1-5H3/t13-,16+/m1/s1. The number of piperidine rings is 1. The van der Waals surface area contributed by atoms with Crippen LogP contribution in [-0.4, -0.2) is 41.6 Å². The van der Waals surface area contributed by atoms with Gasteiger partial charge in [-0.25, -0.2) is 14.5 Å². The van der Waals surface area contributed by atoms with E-state index >= 15 is 0 Å². The van der Waals surface area contributed by atoms with Crippen molar-refractivity contribution in [2.45, 2.75) is 52.6 Å². The molecule has 0 radical (unpaired) electrons.